The molecule has 0 spiro atoms. The Labute approximate surface area is 129 Å². The molecule has 1 atom stereocenters. The van der Waals surface area contributed by atoms with E-state index in [2.05, 4.69) is 10.1 Å². The maximum absolute atomic E-state index is 12.1. The first kappa shape index (κ1) is 17.3. The van der Waals surface area contributed by atoms with Crippen LogP contribution in [0.4, 0.5) is 0 Å². The molecule has 0 saturated heterocycles. The van der Waals surface area contributed by atoms with Gasteiger partial charge in [0.1, 0.15) is 11.3 Å². The molecule has 0 aromatic heterocycles. The molecule has 0 fully saturated rings. The molecule has 0 radical (unpaired) electrons. The van der Waals surface area contributed by atoms with Crippen LogP contribution in [0, 0.1) is 6.92 Å². The molecule has 0 aliphatic heterocycles. The highest BCUT2D eigenvalue weighted by Crippen LogP contribution is 2.23. The van der Waals surface area contributed by atoms with Crippen molar-refractivity contribution in [2.75, 3.05) is 7.11 Å². The van der Waals surface area contributed by atoms with Gasteiger partial charge in [-0.05, 0) is 51.5 Å². The Morgan fingerprint density at radius 3 is 2.48 bits per heavy atom. The highest BCUT2D eigenvalue weighted by atomic mass is 35.5. The number of nitrogens with one attached hydrogen (secondary N) is 1. The molecule has 21 heavy (non-hydrogen) atoms. The third-order valence-corrected chi connectivity index (χ3v) is 3.18. The Balaban J connectivity index is 2.73. The summed E-state index contributed by atoms with van der Waals surface area (Å²) >= 11 is 5.87. The molecule has 1 aromatic carbocycles. The summed E-state index contributed by atoms with van der Waals surface area (Å²) in [6.45, 7) is 6.58. The van der Waals surface area contributed by atoms with Gasteiger partial charge in [-0.3, -0.25) is 4.79 Å². The molecule has 0 bridgehead atoms. The lowest BCUT2D eigenvalue weighted by Gasteiger charge is -2.25. The molecule has 1 unspecified atom stereocenters. The first-order valence-electron chi connectivity index (χ1n) is 6.50. The second-order valence-corrected chi connectivity index (χ2v) is 5.71. The molecule has 1 N–H and O–H groups in total. The second-order valence-electron chi connectivity index (χ2n) is 5.28. The van der Waals surface area contributed by atoms with Crippen LogP contribution in [0.5, 0.6) is 5.75 Å². The smallest absolute Gasteiger partial charge is 0.330 e. The summed E-state index contributed by atoms with van der Waals surface area (Å²) in [7, 11) is 1.27. The van der Waals surface area contributed by atoms with Gasteiger partial charge in [0.25, 0.3) is 5.91 Å². The minimum Gasteiger partial charge on any atom is -0.481 e. The number of carbonyl (C=O) groups is 2. The van der Waals surface area contributed by atoms with E-state index < -0.39 is 23.5 Å². The van der Waals surface area contributed by atoms with Crippen LogP contribution in [0.25, 0.3) is 0 Å². The highest BCUT2D eigenvalue weighted by Gasteiger charge is 2.32. The summed E-state index contributed by atoms with van der Waals surface area (Å²) in [5.74, 6) is -0.358. The van der Waals surface area contributed by atoms with Crippen molar-refractivity contribution in [3.8, 4) is 5.75 Å². The van der Waals surface area contributed by atoms with E-state index in [1.165, 1.54) is 7.11 Å². The average Bonchev–Trinajstić information content (AvgIpc) is 2.40. The second kappa shape index (κ2) is 6.80. The van der Waals surface area contributed by atoms with E-state index in [1.54, 1.807) is 39.0 Å². The van der Waals surface area contributed by atoms with Crippen molar-refractivity contribution in [2.24, 2.45) is 0 Å². The fourth-order valence-corrected chi connectivity index (χ4v) is 1.93. The first-order chi connectivity index (χ1) is 9.67. The SMILES string of the molecule is COC(=O)C(C)(C)NC(=O)C(C)Oc1ccc(Cl)cc1C. The van der Waals surface area contributed by atoms with E-state index >= 15 is 0 Å². The van der Waals surface area contributed by atoms with E-state index in [4.69, 9.17) is 16.3 Å². The summed E-state index contributed by atoms with van der Waals surface area (Å²) < 4.78 is 10.2. The first-order valence-corrected chi connectivity index (χ1v) is 6.88. The largest absolute Gasteiger partial charge is 0.481 e. The molecule has 0 heterocycles. The third kappa shape index (κ3) is 4.63. The van der Waals surface area contributed by atoms with E-state index in [1.807, 2.05) is 6.92 Å². The lowest BCUT2D eigenvalue weighted by molar-refractivity contribution is -0.150. The average molecular weight is 314 g/mol. The van der Waals surface area contributed by atoms with Gasteiger partial charge in [-0.1, -0.05) is 11.6 Å². The molecule has 1 rings (SSSR count). The Kier molecular flexibility index (Phi) is 5.61. The van der Waals surface area contributed by atoms with Crippen molar-refractivity contribution in [1.82, 2.24) is 5.32 Å². The van der Waals surface area contributed by atoms with Gasteiger partial charge < -0.3 is 14.8 Å². The van der Waals surface area contributed by atoms with Crippen LogP contribution in [0.2, 0.25) is 5.02 Å². The van der Waals surface area contributed by atoms with Gasteiger partial charge in [-0.15, -0.1) is 0 Å². The number of rotatable bonds is 5. The normalized spacial score (nSPS) is 12.5. The van der Waals surface area contributed by atoms with Crippen LogP contribution in [-0.4, -0.2) is 30.6 Å². The van der Waals surface area contributed by atoms with Gasteiger partial charge in [0.15, 0.2) is 6.10 Å². The van der Waals surface area contributed by atoms with Crippen LogP contribution in [0.3, 0.4) is 0 Å². The molecule has 0 aliphatic carbocycles. The monoisotopic (exact) mass is 313 g/mol. The zero-order valence-corrected chi connectivity index (χ0v) is 13.6. The Bertz CT molecular complexity index is 542. The molecule has 0 aliphatic rings. The standard InChI is InChI=1S/C15H20ClNO4/c1-9-8-11(16)6-7-12(9)21-10(2)13(18)17-15(3,4)14(19)20-5/h6-8,10H,1-5H3,(H,17,18). The summed E-state index contributed by atoms with van der Waals surface area (Å²) in [5.41, 5.74) is -0.284. The number of hydrogen-bond donors (Lipinski definition) is 1. The molecule has 1 amide bonds. The highest BCUT2D eigenvalue weighted by molar-refractivity contribution is 6.30. The number of ether oxygens (including phenoxy) is 2. The number of halogens is 1. The van der Waals surface area contributed by atoms with Crippen molar-refractivity contribution < 1.29 is 19.1 Å². The van der Waals surface area contributed by atoms with Crippen molar-refractivity contribution in [2.45, 2.75) is 39.3 Å². The van der Waals surface area contributed by atoms with Crippen molar-refractivity contribution in [3.05, 3.63) is 28.8 Å². The zero-order valence-electron chi connectivity index (χ0n) is 12.8. The van der Waals surface area contributed by atoms with Crippen LogP contribution in [0.15, 0.2) is 18.2 Å². The molecule has 5 nitrogen and oxygen atoms in total. The molecule has 6 heteroatoms. The fraction of sp³-hybridized carbons (Fsp3) is 0.467. The number of benzene rings is 1. The van der Waals surface area contributed by atoms with E-state index in [0.717, 1.165) is 5.56 Å². The van der Waals surface area contributed by atoms with Gasteiger partial charge in [0.2, 0.25) is 0 Å². The molecular weight excluding hydrogens is 294 g/mol. The summed E-state index contributed by atoms with van der Waals surface area (Å²) in [6, 6.07) is 5.14. The quantitative estimate of drug-likeness (QED) is 0.848. The van der Waals surface area contributed by atoms with Gasteiger partial charge >= 0.3 is 5.97 Å². The van der Waals surface area contributed by atoms with Crippen molar-refractivity contribution in [1.29, 1.82) is 0 Å². The fourth-order valence-electron chi connectivity index (χ4n) is 1.70. The van der Waals surface area contributed by atoms with Crippen molar-refractivity contribution in [3.63, 3.8) is 0 Å². The summed E-state index contributed by atoms with van der Waals surface area (Å²) in [4.78, 5) is 23.6. The number of hydrogen-bond acceptors (Lipinski definition) is 4. The maximum atomic E-state index is 12.1. The number of carbonyl (C=O) groups excluding carboxylic acids is 2. The lowest BCUT2D eigenvalue weighted by Crippen LogP contribution is -2.53. The van der Waals surface area contributed by atoms with E-state index in [-0.39, 0.29) is 0 Å². The summed E-state index contributed by atoms with van der Waals surface area (Å²) in [6.07, 6.45) is -0.756. The van der Waals surface area contributed by atoms with Crippen LogP contribution in [0.1, 0.15) is 26.3 Å². The molecular formula is C15H20ClNO4. The zero-order chi connectivity index (χ0) is 16.2. The van der Waals surface area contributed by atoms with E-state index in [0.29, 0.717) is 10.8 Å². The topological polar surface area (TPSA) is 64.6 Å². The lowest BCUT2D eigenvalue weighted by atomic mass is 10.1. The number of esters is 1. The minimum absolute atomic E-state index is 0.403. The number of methoxy groups -OCH3 is 1. The van der Waals surface area contributed by atoms with Crippen LogP contribution >= 0.6 is 11.6 Å². The summed E-state index contributed by atoms with van der Waals surface area (Å²) in [5, 5.41) is 3.19. The molecule has 1 aromatic rings. The van der Waals surface area contributed by atoms with Gasteiger partial charge in [0.05, 0.1) is 7.11 Å². The maximum Gasteiger partial charge on any atom is 0.330 e. The molecule has 0 saturated carbocycles. The van der Waals surface area contributed by atoms with E-state index in [9.17, 15) is 9.59 Å². The van der Waals surface area contributed by atoms with Crippen molar-refractivity contribution >= 4 is 23.5 Å². The predicted molar refractivity (Wildman–Crippen MR) is 80.5 cm³/mol. The Morgan fingerprint density at radius 2 is 1.95 bits per heavy atom. The minimum atomic E-state index is -1.11. The van der Waals surface area contributed by atoms with Crippen LogP contribution in [-0.2, 0) is 14.3 Å². The van der Waals surface area contributed by atoms with Crippen LogP contribution < -0.4 is 10.1 Å². The third-order valence-electron chi connectivity index (χ3n) is 2.94. The predicted octanol–water partition coefficient (Wildman–Crippen LogP) is 2.48. The number of aryl methyl sites for hydroxylation is 1. The Hall–Kier alpha value is -1.75. The van der Waals surface area contributed by atoms with Gasteiger partial charge in [-0.25, -0.2) is 4.79 Å². The number of amides is 1. The Morgan fingerprint density at radius 1 is 1.33 bits per heavy atom. The molecule has 116 valence electrons. The van der Waals surface area contributed by atoms with Gasteiger partial charge in [0, 0.05) is 5.02 Å². The van der Waals surface area contributed by atoms with Gasteiger partial charge in [-0.2, -0.15) is 0 Å².